The molecule has 0 unspecified atom stereocenters. The van der Waals surface area contributed by atoms with E-state index in [-0.39, 0.29) is 24.2 Å². The van der Waals surface area contributed by atoms with E-state index in [4.69, 9.17) is 0 Å². The maximum Gasteiger partial charge on any atom is 0.229 e. The average Bonchev–Trinajstić information content (AvgIpc) is 2.83. The number of aromatic nitrogens is 2. The van der Waals surface area contributed by atoms with E-state index in [1.807, 2.05) is 0 Å². The van der Waals surface area contributed by atoms with Gasteiger partial charge in [0.1, 0.15) is 0 Å². The highest BCUT2D eigenvalue weighted by molar-refractivity contribution is 5.93. The number of hydrogen-bond acceptors (Lipinski definition) is 3. The van der Waals surface area contributed by atoms with Crippen molar-refractivity contribution in [3.05, 3.63) is 23.8 Å². The summed E-state index contributed by atoms with van der Waals surface area (Å²) in [6, 6.07) is 6.61. The number of halogens is 1. The second-order valence-electron chi connectivity index (χ2n) is 6.24. The van der Waals surface area contributed by atoms with Gasteiger partial charge in [-0.25, -0.2) is 4.98 Å². The second-order valence-corrected chi connectivity index (χ2v) is 6.24. The zero-order valence-electron chi connectivity index (χ0n) is 13.9. The Morgan fingerprint density at radius 1 is 1.48 bits per heavy atom. The number of amides is 1. The summed E-state index contributed by atoms with van der Waals surface area (Å²) < 4.78 is 2.07. The smallest absolute Gasteiger partial charge is 0.229 e. The van der Waals surface area contributed by atoms with Crippen LogP contribution in [0.2, 0.25) is 0 Å². The molecule has 1 fully saturated rings. The van der Waals surface area contributed by atoms with Gasteiger partial charge in [0.15, 0.2) is 0 Å². The van der Waals surface area contributed by atoms with Crippen molar-refractivity contribution in [2.24, 2.45) is 5.92 Å². The number of piperidine rings is 1. The topological polar surface area (TPSA) is 59.0 Å². The molecule has 3 rings (SSSR count). The normalized spacial score (nSPS) is 21.0. The molecule has 1 aliphatic heterocycles. The molecule has 6 heteroatoms. The van der Waals surface area contributed by atoms with Crippen molar-refractivity contribution in [3.8, 4) is 0 Å². The van der Waals surface area contributed by atoms with Crippen molar-refractivity contribution in [2.75, 3.05) is 11.9 Å². The molecule has 0 saturated carbocycles. The van der Waals surface area contributed by atoms with Gasteiger partial charge >= 0.3 is 0 Å². The minimum absolute atomic E-state index is 0. The van der Waals surface area contributed by atoms with Crippen molar-refractivity contribution in [1.82, 2.24) is 14.9 Å². The van der Waals surface area contributed by atoms with E-state index < -0.39 is 0 Å². The number of benzene rings is 1. The van der Waals surface area contributed by atoms with Gasteiger partial charge in [0.05, 0.1) is 11.0 Å². The van der Waals surface area contributed by atoms with Crippen LogP contribution in [0.4, 0.5) is 5.95 Å². The first-order valence-electron chi connectivity index (χ1n) is 8.09. The van der Waals surface area contributed by atoms with E-state index in [0.29, 0.717) is 12.0 Å². The lowest BCUT2D eigenvalue weighted by Crippen LogP contribution is -2.40. The van der Waals surface area contributed by atoms with Crippen LogP contribution in [0.15, 0.2) is 18.2 Å². The molecule has 0 bridgehead atoms. The number of nitrogens with zero attached hydrogens (tertiary/aromatic N) is 2. The molecule has 2 N–H and O–H groups in total. The van der Waals surface area contributed by atoms with Crippen molar-refractivity contribution in [2.45, 2.75) is 46.2 Å². The van der Waals surface area contributed by atoms with Crippen molar-refractivity contribution in [1.29, 1.82) is 0 Å². The van der Waals surface area contributed by atoms with Crippen molar-refractivity contribution >= 4 is 35.3 Å². The molecular formula is C17H25ClN4O. The number of nitrogens with one attached hydrogen (secondary N) is 2. The number of hydrogen-bond donors (Lipinski definition) is 2. The molecule has 1 aromatic heterocycles. The van der Waals surface area contributed by atoms with Gasteiger partial charge in [-0.05, 0) is 57.9 Å². The molecule has 2 aromatic rings. The van der Waals surface area contributed by atoms with Crippen LogP contribution in [0.3, 0.4) is 0 Å². The molecule has 1 amide bonds. The van der Waals surface area contributed by atoms with E-state index >= 15 is 0 Å². The number of carbonyl (C=O) groups excluding carboxylic acids is 1. The summed E-state index contributed by atoms with van der Waals surface area (Å²) in [5.74, 6) is 0.831. The third-order valence-corrected chi connectivity index (χ3v) is 4.45. The van der Waals surface area contributed by atoms with E-state index in [2.05, 4.69) is 59.2 Å². The first-order chi connectivity index (χ1) is 10.6. The van der Waals surface area contributed by atoms with Gasteiger partial charge in [-0.15, -0.1) is 12.4 Å². The molecule has 0 spiro atoms. The van der Waals surface area contributed by atoms with Crippen molar-refractivity contribution < 1.29 is 4.79 Å². The Hall–Kier alpha value is -1.59. The molecule has 0 aliphatic carbocycles. The lowest BCUT2D eigenvalue weighted by atomic mass is 9.92. The molecule has 1 aromatic carbocycles. The van der Waals surface area contributed by atoms with Gasteiger partial charge in [-0.3, -0.25) is 10.1 Å². The monoisotopic (exact) mass is 336 g/mol. The quantitative estimate of drug-likeness (QED) is 0.905. The third kappa shape index (κ3) is 3.67. The number of anilines is 1. The lowest BCUT2D eigenvalue weighted by molar-refractivity contribution is -0.120. The SMILES string of the molecule is CCn1c(NC(=O)[C@H]2CCN[C@@H](C)C2)nc2cc(C)ccc21.Cl. The lowest BCUT2D eigenvalue weighted by Gasteiger charge is -2.26. The van der Waals surface area contributed by atoms with E-state index in [1.54, 1.807) is 0 Å². The second kappa shape index (κ2) is 7.32. The van der Waals surface area contributed by atoms with Crippen LogP contribution in [-0.2, 0) is 11.3 Å². The van der Waals surface area contributed by atoms with E-state index in [9.17, 15) is 4.79 Å². The predicted octanol–water partition coefficient (Wildman–Crippen LogP) is 3.11. The zero-order valence-corrected chi connectivity index (χ0v) is 14.7. The highest BCUT2D eigenvalue weighted by Gasteiger charge is 2.25. The van der Waals surface area contributed by atoms with Crippen LogP contribution >= 0.6 is 12.4 Å². The number of fused-ring (bicyclic) bond motifs is 1. The minimum atomic E-state index is 0. The standard InChI is InChI=1S/C17H24N4O.ClH/c1-4-21-15-6-5-11(2)9-14(15)19-17(21)20-16(22)13-7-8-18-12(3)10-13;/h5-6,9,12-13,18H,4,7-8,10H2,1-3H3,(H,19,20,22);1H/t12-,13-;/m0./s1. The van der Waals surface area contributed by atoms with Crippen LogP contribution in [0.1, 0.15) is 32.3 Å². The van der Waals surface area contributed by atoms with Crippen LogP contribution < -0.4 is 10.6 Å². The summed E-state index contributed by atoms with van der Waals surface area (Å²) in [6.07, 6.45) is 1.78. The maximum absolute atomic E-state index is 12.5. The Bertz CT molecular complexity index is 697. The first kappa shape index (κ1) is 17.8. The number of carbonyl (C=O) groups is 1. The van der Waals surface area contributed by atoms with Crippen LogP contribution in [0.25, 0.3) is 11.0 Å². The first-order valence-corrected chi connectivity index (χ1v) is 8.09. The summed E-state index contributed by atoms with van der Waals surface area (Å²) >= 11 is 0. The zero-order chi connectivity index (χ0) is 15.7. The molecule has 2 heterocycles. The fraction of sp³-hybridized carbons (Fsp3) is 0.529. The van der Waals surface area contributed by atoms with Gasteiger partial charge in [-0.2, -0.15) is 0 Å². The fourth-order valence-electron chi connectivity index (χ4n) is 3.24. The summed E-state index contributed by atoms with van der Waals surface area (Å²) in [4.78, 5) is 17.1. The maximum atomic E-state index is 12.5. The number of rotatable bonds is 3. The van der Waals surface area contributed by atoms with Gasteiger partial charge in [0.25, 0.3) is 0 Å². The van der Waals surface area contributed by atoms with Gasteiger partial charge < -0.3 is 9.88 Å². The Balaban J connectivity index is 0.00000192. The molecule has 23 heavy (non-hydrogen) atoms. The third-order valence-electron chi connectivity index (χ3n) is 4.45. The fourth-order valence-corrected chi connectivity index (χ4v) is 3.24. The molecule has 5 nitrogen and oxygen atoms in total. The highest BCUT2D eigenvalue weighted by Crippen LogP contribution is 2.23. The van der Waals surface area contributed by atoms with E-state index in [0.717, 1.165) is 37.0 Å². The van der Waals surface area contributed by atoms with Crippen LogP contribution in [-0.4, -0.2) is 28.0 Å². The molecule has 0 radical (unpaired) electrons. The highest BCUT2D eigenvalue weighted by atomic mass is 35.5. The van der Waals surface area contributed by atoms with E-state index in [1.165, 1.54) is 5.56 Å². The Morgan fingerprint density at radius 3 is 2.96 bits per heavy atom. The van der Waals surface area contributed by atoms with Gasteiger partial charge in [0.2, 0.25) is 11.9 Å². The van der Waals surface area contributed by atoms with Gasteiger partial charge in [0, 0.05) is 18.5 Å². The predicted molar refractivity (Wildman–Crippen MR) is 96.2 cm³/mol. The molecular weight excluding hydrogens is 312 g/mol. The van der Waals surface area contributed by atoms with Crippen LogP contribution in [0, 0.1) is 12.8 Å². The summed E-state index contributed by atoms with van der Waals surface area (Å²) in [7, 11) is 0. The van der Waals surface area contributed by atoms with Gasteiger partial charge in [-0.1, -0.05) is 6.07 Å². The summed E-state index contributed by atoms with van der Waals surface area (Å²) in [5.41, 5.74) is 3.19. The van der Waals surface area contributed by atoms with Crippen LogP contribution in [0.5, 0.6) is 0 Å². The molecule has 1 saturated heterocycles. The Labute approximate surface area is 143 Å². The summed E-state index contributed by atoms with van der Waals surface area (Å²) in [5, 5.41) is 6.43. The largest absolute Gasteiger partial charge is 0.314 e. The minimum Gasteiger partial charge on any atom is -0.314 e. The molecule has 2 atom stereocenters. The average molecular weight is 337 g/mol. The number of imidazole rings is 1. The Morgan fingerprint density at radius 2 is 2.26 bits per heavy atom. The molecule has 126 valence electrons. The van der Waals surface area contributed by atoms with Crippen molar-refractivity contribution in [3.63, 3.8) is 0 Å². The number of aryl methyl sites for hydroxylation is 2. The molecule has 1 aliphatic rings. The Kier molecular flexibility index (Phi) is 5.65. The summed E-state index contributed by atoms with van der Waals surface area (Å²) in [6.45, 7) is 7.95.